The summed E-state index contributed by atoms with van der Waals surface area (Å²) < 4.78 is 49.5. The minimum absolute atomic E-state index is 0.0812. The van der Waals surface area contributed by atoms with Gasteiger partial charge in [0.2, 0.25) is 10.6 Å². The molecule has 0 saturated carbocycles. The van der Waals surface area contributed by atoms with Gasteiger partial charge in [0.1, 0.15) is 5.82 Å². The van der Waals surface area contributed by atoms with E-state index in [4.69, 9.17) is 0 Å². The second-order valence-electron chi connectivity index (χ2n) is 3.15. The van der Waals surface area contributed by atoms with Crippen LogP contribution in [0, 0.1) is 5.82 Å². The van der Waals surface area contributed by atoms with Crippen LogP contribution >= 0.6 is 11.8 Å². The van der Waals surface area contributed by atoms with Crippen molar-refractivity contribution >= 4 is 22.5 Å². The van der Waals surface area contributed by atoms with Gasteiger partial charge in [0.05, 0.1) is 5.69 Å². The van der Waals surface area contributed by atoms with Crippen LogP contribution < -0.4 is 5.01 Å². The summed E-state index contributed by atoms with van der Waals surface area (Å²) in [7, 11) is 0. The van der Waals surface area contributed by atoms with Crippen molar-refractivity contribution in [1.82, 2.24) is 0 Å². The van der Waals surface area contributed by atoms with Gasteiger partial charge in [0, 0.05) is 0 Å². The zero-order chi connectivity index (χ0) is 12.6. The maximum absolute atomic E-state index is 12.6. The fraction of sp³-hybridized carbons (Fsp3) is 0.222. The molecule has 1 aromatic rings. The average molecular weight is 265 g/mol. The van der Waals surface area contributed by atoms with Gasteiger partial charge in [-0.25, -0.2) is 9.40 Å². The lowest BCUT2D eigenvalue weighted by Gasteiger charge is -2.15. The number of halogens is 4. The van der Waals surface area contributed by atoms with Crippen LogP contribution in [0.2, 0.25) is 0 Å². The van der Waals surface area contributed by atoms with E-state index in [2.05, 4.69) is 5.10 Å². The summed E-state index contributed by atoms with van der Waals surface area (Å²) in [5.74, 6) is -0.539. The van der Waals surface area contributed by atoms with Crippen molar-refractivity contribution < 1.29 is 22.7 Å². The SMILES string of the molecule is [O]C1SC(C(F)(F)F)=NN1c1ccc(F)cc1. The van der Waals surface area contributed by atoms with E-state index in [0.717, 1.165) is 12.1 Å². The number of nitrogens with zero attached hydrogens (tertiary/aromatic N) is 2. The molecule has 1 heterocycles. The van der Waals surface area contributed by atoms with Gasteiger partial charge < -0.3 is 0 Å². The van der Waals surface area contributed by atoms with Gasteiger partial charge in [-0.1, -0.05) is 0 Å². The predicted molar refractivity (Wildman–Crippen MR) is 54.4 cm³/mol. The molecule has 0 spiro atoms. The lowest BCUT2D eigenvalue weighted by molar-refractivity contribution is -0.0554. The fourth-order valence-electron chi connectivity index (χ4n) is 1.21. The van der Waals surface area contributed by atoms with Crippen molar-refractivity contribution in [2.45, 2.75) is 11.7 Å². The maximum Gasteiger partial charge on any atom is 0.441 e. The Kier molecular flexibility index (Phi) is 3.00. The highest BCUT2D eigenvalue weighted by molar-refractivity contribution is 8.14. The van der Waals surface area contributed by atoms with Crippen LogP contribution in [-0.4, -0.2) is 16.8 Å². The van der Waals surface area contributed by atoms with E-state index in [1.165, 1.54) is 12.1 Å². The molecular weight excluding hydrogens is 260 g/mol. The van der Waals surface area contributed by atoms with Crippen LogP contribution in [0.25, 0.3) is 0 Å². The Morgan fingerprint density at radius 1 is 1.24 bits per heavy atom. The standard InChI is InChI=1S/C9H5F4N2OS/c10-5-1-3-6(4-2-5)15-8(16)17-7(14-15)9(11,12)13/h1-4,8H. The van der Waals surface area contributed by atoms with Crippen LogP contribution in [0.1, 0.15) is 0 Å². The number of alkyl halides is 3. The minimum Gasteiger partial charge on any atom is -0.223 e. The third-order valence-electron chi connectivity index (χ3n) is 1.94. The monoisotopic (exact) mass is 265 g/mol. The van der Waals surface area contributed by atoms with Crippen LogP contribution in [0.3, 0.4) is 0 Å². The highest BCUT2D eigenvalue weighted by Gasteiger charge is 2.44. The molecule has 0 saturated heterocycles. The Balaban J connectivity index is 2.28. The molecular formula is C9H5F4N2OS. The molecule has 1 atom stereocenters. The van der Waals surface area contributed by atoms with Crippen molar-refractivity contribution in [3.63, 3.8) is 0 Å². The molecule has 2 rings (SSSR count). The lowest BCUT2D eigenvalue weighted by Crippen LogP contribution is -2.21. The number of anilines is 1. The first-order chi connectivity index (χ1) is 7.88. The quantitative estimate of drug-likeness (QED) is 0.732. The number of benzene rings is 1. The molecule has 0 aliphatic carbocycles. The minimum atomic E-state index is -4.64. The highest BCUT2D eigenvalue weighted by atomic mass is 32.2. The van der Waals surface area contributed by atoms with E-state index >= 15 is 0 Å². The molecule has 3 nitrogen and oxygen atoms in total. The Morgan fingerprint density at radius 3 is 2.29 bits per heavy atom. The smallest absolute Gasteiger partial charge is 0.223 e. The molecule has 0 fully saturated rings. The zero-order valence-corrected chi connectivity index (χ0v) is 8.93. The molecule has 1 aliphatic rings. The third kappa shape index (κ3) is 2.52. The van der Waals surface area contributed by atoms with Gasteiger partial charge in [-0.2, -0.15) is 23.4 Å². The number of hydrogen-bond acceptors (Lipinski definition) is 3. The van der Waals surface area contributed by atoms with Gasteiger partial charge in [-0.3, -0.25) is 0 Å². The molecule has 8 heteroatoms. The molecule has 17 heavy (non-hydrogen) atoms. The van der Waals surface area contributed by atoms with Crippen LogP contribution in [0.15, 0.2) is 29.4 Å². The van der Waals surface area contributed by atoms with Gasteiger partial charge in [0.15, 0.2) is 0 Å². The Labute approximate surface area is 97.7 Å². The lowest BCUT2D eigenvalue weighted by atomic mass is 10.3. The first kappa shape index (κ1) is 12.2. The van der Waals surface area contributed by atoms with Gasteiger partial charge in [0.25, 0.3) is 0 Å². The summed E-state index contributed by atoms with van der Waals surface area (Å²) in [4.78, 5) is 0. The molecule has 0 N–H and O–H groups in total. The Morgan fingerprint density at radius 2 is 1.82 bits per heavy atom. The van der Waals surface area contributed by atoms with E-state index < -0.39 is 22.6 Å². The highest BCUT2D eigenvalue weighted by Crippen LogP contribution is 2.36. The normalized spacial score (nSPS) is 20.6. The maximum atomic E-state index is 12.6. The third-order valence-corrected chi connectivity index (χ3v) is 2.88. The van der Waals surface area contributed by atoms with Crippen molar-refractivity contribution in [3.8, 4) is 0 Å². The predicted octanol–water partition coefficient (Wildman–Crippen LogP) is 2.97. The van der Waals surface area contributed by atoms with E-state index in [0.29, 0.717) is 5.01 Å². The molecule has 1 radical (unpaired) electrons. The molecule has 0 amide bonds. The summed E-state index contributed by atoms with van der Waals surface area (Å²) in [5.41, 5.74) is -1.59. The summed E-state index contributed by atoms with van der Waals surface area (Å²) in [6.45, 7) is 0. The van der Waals surface area contributed by atoms with Crippen molar-refractivity contribution in [3.05, 3.63) is 30.1 Å². The van der Waals surface area contributed by atoms with E-state index in [1.807, 2.05) is 0 Å². The first-order valence-electron chi connectivity index (χ1n) is 4.41. The molecule has 91 valence electrons. The second kappa shape index (κ2) is 4.19. The second-order valence-corrected chi connectivity index (χ2v) is 4.17. The summed E-state index contributed by atoms with van der Waals surface area (Å²) in [6, 6.07) is 4.49. The number of thioether (sulfide) groups is 1. The van der Waals surface area contributed by atoms with Gasteiger partial charge in [-0.05, 0) is 36.0 Å². The van der Waals surface area contributed by atoms with Crippen LogP contribution in [-0.2, 0) is 5.11 Å². The number of rotatable bonds is 1. The average Bonchev–Trinajstić information content (AvgIpc) is 2.61. The van der Waals surface area contributed by atoms with Crippen molar-refractivity contribution in [2.24, 2.45) is 5.10 Å². The van der Waals surface area contributed by atoms with E-state index in [-0.39, 0.29) is 17.4 Å². The van der Waals surface area contributed by atoms with Gasteiger partial charge in [-0.15, -0.1) is 0 Å². The van der Waals surface area contributed by atoms with Crippen molar-refractivity contribution in [2.75, 3.05) is 5.01 Å². The van der Waals surface area contributed by atoms with E-state index in [1.54, 1.807) is 0 Å². The zero-order valence-electron chi connectivity index (χ0n) is 8.11. The largest absolute Gasteiger partial charge is 0.441 e. The number of hydrogen-bond donors (Lipinski definition) is 0. The Hall–Kier alpha value is -1.28. The Bertz CT molecular complexity index is 445. The summed E-state index contributed by atoms with van der Waals surface area (Å²) >= 11 is 0.0812. The van der Waals surface area contributed by atoms with Crippen LogP contribution in [0.5, 0.6) is 0 Å². The van der Waals surface area contributed by atoms with Crippen LogP contribution in [0.4, 0.5) is 23.2 Å². The van der Waals surface area contributed by atoms with E-state index in [9.17, 15) is 22.7 Å². The molecule has 0 aromatic heterocycles. The first-order valence-corrected chi connectivity index (χ1v) is 5.29. The molecule has 1 aliphatic heterocycles. The molecule has 1 aromatic carbocycles. The fourth-order valence-corrected chi connectivity index (χ4v) is 1.94. The van der Waals surface area contributed by atoms with Gasteiger partial charge >= 0.3 is 6.18 Å². The summed E-state index contributed by atoms with van der Waals surface area (Å²) in [6.07, 6.45) is -4.64. The topological polar surface area (TPSA) is 35.5 Å². The molecule has 1 unspecified atom stereocenters. The molecule has 0 bridgehead atoms. The van der Waals surface area contributed by atoms with Crippen molar-refractivity contribution in [1.29, 1.82) is 0 Å². The summed E-state index contributed by atoms with van der Waals surface area (Å²) in [5, 5.41) is 14.1. The number of hydrazone groups is 1.